The fourth-order valence-electron chi connectivity index (χ4n) is 1.08. The monoisotopic (exact) mass is 270 g/mol. The van der Waals surface area contributed by atoms with Crippen LogP contribution in [0.25, 0.3) is 0 Å². The summed E-state index contributed by atoms with van der Waals surface area (Å²) in [4.78, 5) is 0. The van der Waals surface area contributed by atoms with E-state index in [4.69, 9.17) is 16.7 Å². The molecule has 0 unspecified atom stereocenters. The van der Waals surface area contributed by atoms with Crippen molar-refractivity contribution in [1.82, 2.24) is 0 Å². The third-order valence-corrected chi connectivity index (χ3v) is 1.85. The molecule has 0 saturated heterocycles. The Morgan fingerprint density at radius 1 is 1.06 bits per heavy atom. The molecular formula is C12H18ClF3O. The molecule has 0 radical (unpaired) electrons. The number of phenols is 1. The van der Waals surface area contributed by atoms with Crippen LogP contribution in [0, 0.1) is 6.92 Å². The van der Waals surface area contributed by atoms with Gasteiger partial charge in [-0.1, -0.05) is 39.3 Å². The van der Waals surface area contributed by atoms with E-state index < -0.39 is 16.8 Å². The van der Waals surface area contributed by atoms with Crippen LogP contribution >= 0.6 is 11.6 Å². The Kier molecular flexibility index (Phi) is 8.94. The Bertz CT molecular complexity index is 312. The smallest absolute Gasteiger partial charge is 0.418 e. The molecule has 1 N–H and O–H groups in total. The van der Waals surface area contributed by atoms with E-state index in [9.17, 15) is 13.2 Å². The molecule has 0 amide bonds. The highest BCUT2D eigenvalue weighted by Gasteiger charge is 2.35. The molecule has 0 fully saturated rings. The van der Waals surface area contributed by atoms with Crippen molar-refractivity contribution in [3.05, 3.63) is 28.3 Å². The second kappa shape index (κ2) is 8.23. The van der Waals surface area contributed by atoms with Crippen LogP contribution in [0.4, 0.5) is 13.2 Å². The number of alkyl halides is 3. The third-order valence-electron chi connectivity index (χ3n) is 1.56. The molecule has 0 aliphatic heterocycles. The molecule has 0 aliphatic rings. The van der Waals surface area contributed by atoms with Crippen molar-refractivity contribution in [1.29, 1.82) is 0 Å². The lowest BCUT2D eigenvalue weighted by atomic mass is 10.1. The van der Waals surface area contributed by atoms with Crippen LogP contribution in [0.1, 0.15) is 38.8 Å². The molecule has 0 saturated carbocycles. The van der Waals surface area contributed by atoms with Crippen molar-refractivity contribution >= 4 is 11.6 Å². The highest BCUT2D eigenvalue weighted by Crippen LogP contribution is 2.38. The average molecular weight is 271 g/mol. The van der Waals surface area contributed by atoms with E-state index in [2.05, 4.69) is 0 Å². The Balaban J connectivity index is 0. The summed E-state index contributed by atoms with van der Waals surface area (Å²) < 4.78 is 36.8. The molecular weight excluding hydrogens is 253 g/mol. The number of halogens is 4. The van der Waals surface area contributed by atoms with Gasteiger partial charge in [-0.25, -0.2) is 0 Å². The number of hydrogen-bond donors (Lipinski definition) is 1. The summed E-state index contributed by atoms with van der Waals surface area (Å²) in [6, 6.07) is 1.89. The molecule has 100 valence electrons. The molecule has 1 rings (SSSR count). The van der Waals surface area contributed by atoms with E-state index >= 15 is 0 Å². The molecule has 17 heavy (non-hydrogen) atoms. The zero-order valence-corrected chi connectivity index (χ0v) is 11.4. The van der Waals surface area contributed by atoms with Gasteiger partial charge in [0.1, 0.15) is 5.75 Å². The van der Waals surface area contributed by atoms with Crippen molar-refractivity contribution < 1.29 is 18.3 Å². The van der Waals surface area contributed by atoms with Gasteiger partial charge in [-0.2, -0.15) is 13.2 Å². The van der Waals surface area contributed by atoms with Crippen molar-refractivity contribution in [2.24, 2.45) is 0 Å². The summed E-state index contributed by atoms with van der Waals surface area (Å²) in [5, 5.41) is 8.45. The van der Waals surface area contributed by atoms with Gasteiger partial charge in [0.05, 0.1) is 10.6 Å². The number of benzene rings is 1. The average Bonchev–Trinajstić information content (AvgIpc) is 2.19. The first-order valence-electron chi connectivity index (χ1n) is 5.38. The normalized spacial score (nSPS) is 9.71. The van der Waals surface area contributed by atoms with Crippen LogP contribution < -0.4 is 0 Å². The molecule has 0 bridgehead atoms. The number of phenolic OH excluding ortho intramolecular Hbond substituents is 1. The molecule has 5 heteroatoms. The van der Waals surface area contributed by atoms with E-state index in [0.717, 1.165) is 12.1 Å². The molecule has 0 aliphatic carbocycles. The fourth-order valence-corrected chi connectivity index (χ4v) is 1.45. The maximum atomic E-state index is 12.3. The van der Waals surface area contributed by atoms with Crippen LogP contribution in [-0.2, 0) is 6.18 Å². The van der Waals surface area contributed by atoms with Gasteiger partial charge in [0, 0.05) is 0 Å². The lowest BCUT2D eigenvalue weighted by Crippen LogP contribution is -2.08. The molecule has 1 aromatic rings. The van der Waals surface area contributed by atoms with Gasteiger partial charge in [0.15, 0.2) is 0 Å². The van der Waals surface area contributed by atoms with Crippen molar-refractivity contribution in [3.8, 4) is 5.75 Å². The van der Waals surface area contributed by atoms with Crippen LogP contribution in [0.15, 0.2) is 12.1 Å². The second-order valence-electron chi connectivity index (χ2n) is 2.62. The summed E-state index contributed by atoms with van der Waals surface area (Å²) in [7, 11) is 0. The van der Waals surface area contributed by atoms with E-state index in [1.54, 1.807) is 0 Å². The summed E-state index contributed by atoms with van der Waals surface area (Å²) >= 11 is 5.34. The summed E-state index contributed by atoms with van der Waals surface area (Å²) in [5.41, 5.74) is -0.982. The predicted octanol–water partition coefficient (Wildman–Crippen LogP) is 5.43. The van der Waals surface area contributed by atoms with Crippen molar-refractivity contribution in [2.45, 2.75) is 40.8 Å². The fraction of sp³-hybridized carbons (Fsp3) is 0.500. The minimum atomic E-state index is -4.48. The molecule has 0 spiro atoms. The predicted molar refractivity (Wildman–Crippen MR) is 65.6 cm³/mol. The van der Waals surface area contributed by atoms with Gasteiger partial charge in [0.25, 0.3) is 0 Å². The van der Waals surface area contributed by atoms with E-state index in [-0.39, 0.29) is 11.3 Å². The third kappa shape index (κ3) is 5.82. The van der Waals surface area contributed by atoms with Gasteiger partial charge < -0.3 is 5.11 Å². The molecule has 0 atom stereocenters. The Morgan fingerprint density at radius 2 is 1.47 bits per heavy atom. The van der Waals surface area contributed by atoms with Crippen molar-refractivity contribution in [2.75, 3.05) is 0 Å². The first kappa shape index (κ1) is 18.5. The van der Waals surface area contributed by atoms with Crippen LogP contribution in [0.3, 0.4) is 0 Å². The van der Waals surface area contributed by atoms with Gasteiger partial charge in [-0.15, -0.1) is 0 Å². The molecule has 0 heterocycles. The van der Waals surface area contributed by atoms with Crippen LogP contribution in [-0.4, -0.2) is 5.11 Å². The number of aromatic hydroxyl groups is 1. The lowest BCUT2D eigenvalue weighted by Gasteiger charge is -2.11. The topological polar surface area (TPSA) is 20.2 Å². The van der Waals surface area contributed by atoms with Crippen LogP contribution in [0.2, 0.25) is 5.02 Å². The van der Waals surface area contributed by atoms with E-state index in [0.29, 0.717) is 0 Å². The molecule has 1 aromatic carbocycles. The molecule has 0 aromatic heterocycles. The Hall–Kier alpha value is -0.900. The highest BCUT2D eigenvalue weighted by molar-refractivity contribution is 6.31. The van der Waals surface area contributed by atoms with Gasteiger partial charge >= 0.3 is 6.18 Å². The van der Waals surface area contributed by atoms with Crippen LogP contribution in [0.5, 0.6) is 5.75 Å². The zero-order chi connectivity index (χ0) is 14.2. The number of rotatable bonds is 0. The highest BCUT2D eigenvalue weighted by atomic mass is 35.5. The maximum Gasteiger partial charge on any atom is 0.418 e. The van der Waals surface area contributed by atoms with Gasteiger partial charge in [-0.3, -0.25) is 0 Å². The number of hydrogen-bond acceptors (Lipinski definition) is 1. The first-order chi connectivity index (χ1) is 7.82. The minimum absolute atomic E-state index is 0.0856. The maximum absolute atomic E-state index is 12.3. The largest absolute Gasteiger partial charge is 0.508 e. The lowest BCUT2D eigenvalue weighted by molar-refractivity contribution is -0.137. The Labute approximate surface area is 105 Å². The second-order valence-corrected chi connectivity index (χ2v) is 3.02. The van der Waals surface area contributed by atoms with Crippen molar-refractivity contribution in [3.63, 3.8) is 0 Å². The first-order valence-corrected chi connectivity index (χ1v) is 5.76. The zero-order valence-electron chi connectivity index (χ0n) is 10.6. The molecule has 1 nitrogen and oxygen atoms in total. The SMILES string of the molecule is CC.CC.Cc1cc(O)cc(Cl)c1C(F)(F)F. The summed E-state index contributed by atoms with van der Waals surface area (Å²) in [5.74, 6) is -0.268. The van der Waals surface area contributed by atoms with E-state index in [1.807, 2.05) is 27.7 Å². The quantitative estimate of drug-likeness (QED) is 0.667. The summed E-state index contributed by atoms with van der Waals surface area (Å²) in [6.45, 7) is 9.24. The Morgan fingerprint density at radius 3 is 1.76 bits per heavy atom. The summed E-state index contributed by atoms with van der Waals surface area (Å²) in [6.07, 6.45) is -4.48. The van der Waals surface area contributed by atoms with Gasteiger partial charge in [-0.05, 0) is 24.6 Å². The minimum Gasteiger partial charge on any atom is -0.508 e. The number of aryl methyl sites for hydroxylation is 1. The van der Waals surface area contributed by atoms with Gasteiger partial charge in [0.2, 0.25) is 0 Å². The standard InChI is InChI=1S/C8H6ClF3O.2C2H6/c1-4-2-5(13)3-6(9)7(4)8(10,11)12;2*1-2/h2-3,13H,1H3;2*1-2H3. The van der Waals surface area contributed by atoms with E-state index in [1.165, 1.54) is 6.92 Å².